The van der Waals surface area contributed by atoms with Crippen molar-refractivity contribution in [3.63, 3.8) is 0 Å². The summed E-state index contributed by atoms with van der Waals surface area (Å²) in [7, 11) is 0. The van der Waals surface area contributed by atoms with Gasteiger partial charge in [-0.2, -0.15) is 0 Å². The van der Waals surface area contributed by atoms with Crippen molar-refractivity contribution in [3.05, 3.63) is 34.9 Å². The fraction of sp³-hybridized carbons (Fsp3) is 0.400. The molecule has 1 atom stereocenters. The number of benzene rings is 1. The van der Waals surface area contributed by atoms with Gasteiger partial charge >= 0.3 is 0 Å². The predicted molar refractivity (Wildman–Crippen MR) is 54.7 cm³/mol. The van der Waals surface area contributed by atoms with E-state index < -0.39 is 11.6 Å². The van der Waals surface area contributed by atoms with Crippen LogP contribution in [-0.2, 0) is 0 Å². The molecule has 3 heteroatoms. The maximum Gasteiger partial charge on any atom is 0.0964 e. The summed E-state index contributed by atoms with van der Waals surface area (Å²) in [6, 6.07) is 7.10. The summed E-state index contributed by atoms with van der Waals surface area (Å²) in [4.78, 5) is 0. The molecular formula is C10H14ClNO. The van der Waals surface area contributed by atoms with E-state index in [2.05, 4.69) is 0 Å². The highest BCUT2D eigenvalue weighted by Gasteiger charge is 2.24. The smallest absolute Gasteiger partial charge is 0.0964 e. The molecule has 0 unspecified atom stereocenters. The SMILES string of the molecule is CC(C)(N)[C@H](O)c1cccc(Cl)c1. The number of rotatable bonds is 2. The van der Waals surface area contributed by atoms with Gasteiger partial charge in [0, 0.05) is 10.6 Å². The minimum Gasteiger partial charge on any atom is -0.387 e. The molecule has 0 amide bonds. The van der Waals surface area contributed by atoms with Gasteiger partial charge in [-0.3, -0.25) is 0 Å². The van der Waals surface area contributed by atoms with Gasteiger partial charge in [0.15, 0.2) is 0 Å². The topological polar surface area (TPSA) is 46.2 Å². The van der Waals surface area contributed by atoms with Gasteiger partial charge in [-0.1, -0.05) is 23.7 Å². The molecule has 0 radical (unpaired) electrons. The highest BCUT2D eigenvalue weighted by molar-refractivity contribution is 6.30. The van der Waals surface area contributed by atoms with E-state index in [1.54, 1.807) is 32.0 Å². The summed E-state index contributed by atoms with van der Waals surface area (Å²) >= 11 is 5.79. The van der Waals surface area contributed by atoms with Crippen LogP contribution in [0.15, 0.2) is 24.3 Å². The largest absolute Gasteiger partial charge is 0.387 e. The first kappa shape index (κ1) is 10.5. The fourth-order valence-electron chi connectivity index (χ4n) is 1.11. The van der Waals surface area contributed by atoms with Gasteiger partial charge in [-0.05, 0) is 31.5 Å². The van der Waals surface area contributed by atoms with Gasteiger partial charge in [-0.15, -0.1) is 0 Å². The van der Waals surface area contributed by atoms with Crippen LogP contribution in [0, 0.1) is 0 Å². The van der Waals surface area contributed by atoms with E-state index in [1.165, 1.54) is 0 Å². The lowest BCUT2D eigenvalue weighted by atomic mass is 9.93. The molecule has 1 aromatic rings. The average molecular weight is 200 g/mol. The van der Waals surface area contributed by atoms with E-state index in [-0.39, 0.29) is 0 Å². The molecule has 0 saturated carbocycles. The third-order valence-corrected chi connectivity index (χ3v) is 2.10. The highest BCUT2D eigenvalue weighted by Crippen LogP contribution is 2.24. The maximum atomic E-state index is 9.80. The minimum absolute atomic E-state index is 0.612. The van der Waals surface area contributed by atoms with Crippen molar-refractivity contribution in [1.82, 2.24) is 0 Å². The van der Waals surface area contributed by atoms with Crippen molar-refractivity contribution in [2.75, 3.05) is 0 Å². The Morgan fingerprint density at radius 3 is 2.54 bits per heavy atom. The molecule has 0 saturated heterocycles. The first-order chi connectivity index (χ1) is 5.91. The molecule has 0 fully saturated rings. The van der Waals surface area contributed by atoms with Gasteiger partial charge < -0.3 is 10.8 Å². The summed E-state index contributed by atoms with van der Waals surface area (Å²) in [5.41, 5.74) is 5.87. The third kappa shape index (κ3) is 2.69. The molecule has 3 N–H and O–H groups in total. The van der Waals surface area contributed by atoms with E-state index in [0.717, 1.165) is 5.56 Å². The Hall–Kier alpha value is -0.570. The van der Waals surface area contributed by atoms with Crippen molar-refractivity contribution in [1.29, 1.82) is 0 Å². The Morgan fingerprint density at radius 2 is 2.08 bits per heavy atom. The zero-order valence-electron chi connectivity index (χ0n) is 7.79. The number of halogens is 1. The summed E-state index contributed by atoms with van der Waals surface area (Å²) in [6.07, 6.45) is -0.689. The number of aliphatic hydroxyl groups is 1. The molecule has 1 rings (SSSR count). The molecule has 0 heterocycles. The lowest BCUT2D eigenvalue weighted by Crippen LogP contribution is -2.39. The molecule has 13 heavy (non-hydrogen) atoms. The van der Waals surface area contributed by atoms with Crippen molar-refractivity contribution < 1.29 is 5.11 Å². The molecule has 0 aromatic heterocycles. The zero-order chi connectivity index (χ0) is 10.1. The molecule has 0 bridgehead atoms. The number of nitrogens with two attached hydrogens (primary N) is 1. The van der Waals surface area contributed by atoms with Crippen LogP contribution in [0.25, 0.3) is 0 Å². The number of hydrogen-bond donors (Lipinski definition) is 2. The third-order valence-electron chi connectivity index (χ3n) is 1.87. The second-order valence-corrected chi connectivity index (χ2v) is 4.22. The molecule has 2 nitrogen and oxygen atoms in total. The lowest BCUT2D eigenvalue weighted by Gasteiger charge is -2.26. The molecule has 0 aliphatic heterocycles. The summed E-state index contributed by atoms with van der Waals surface area (Å²) < 4.78 is 0. The lowest BCUT2D eigenvalue weighted by molar-refractivity contribution is 0.105. The van der Waals surface area contributed by atoms with Crippen LogP contribution in [0.2, 0.25) is 5.02 Å². The van der Waals surface area contributed by atoms with Crippen molar-refractivity contribution >= 4 is 11.6 Å². The Bertz CT molecular complexity index is 293. The zero-order valence-corrected chi connectivity index (χ0v) is 8.55. The summed E-state index contributed by atoms with van der Waals surface area (Å²) in [5.74, 6) is 0. The van der Waals surface area contributed by atoms with E-state index in [9.17, 15) is 5.11 Å². The Kier molecular flexibility index (Phi) is 2.96. The van der Waals surface area contributed by atoms with Gasteiger partial charge in [0.1, 0.15) is 0 Å². The van der Waals surface area contributed by atoms with Crippen molar-refractivity contribution in [3.8, 4) is 0 Å². The van der Waals surface area contributed by atoms with Crippen LogP contribution in [0.3, 0.4) is 0 Å². The Labute approximate surface area is 83.3 Å². The van der Waals surface area contributed by atoms with E-state index >= 15 is 0 Å². The van der Waals surface area contributed by atoms with Gasteiger partial charge in [0.05, 0.1) is 6.10 Å². The van der Waals surface area contributed by atoms with Gasteiger partial charge in [-0.25, -0.2) is 0 Å². The highest BCUT2D eigenvalue weighted by atomic mass is 35.5. The number of aliphatic hydroxyl groups excluding tert-OH is 1. The van der Waals surface area contributed by atoms with Crippen LogP contribution >= 0.6 is 11.6 Å². The Balaban J connectivity index is 2.96. The predicted octanol–water partition coefficient (Wildman–Crippen LogP) is 2.11. The average Bonchev–Trinajstić information content (AvgIpc) is 2.01. The molecule has 72 valence electrons. The quantitative estimate of drug-likeness (QED) is 0.767. The van der Waals surface area contributed by atoms with Crippen LogP contribution in [0.4, 0.5) is 0 Å². The fourth-order valence-corrected chi connectivity index (χ4v) is 1.30. The van der Waals surface area contributed by atoms with Crippen LogP contribution in [0.5, 0.6) is 0 Å². The second-order valence-electron chi connectivity index (χ2n) is 3.78. The molecule has 0 spiro atoms. The summed E-state index contributed by atoms with van der Waals surface area (Å²) in [5, 5.41) is 10.4. The van der Waals surface area contributed by atoms with Crippen molar-refractivity contribution in [2.24, 2.45) is 5.73 Å². The standard InChI is InChI=1S/C10H14ClNO/c1-10(2,12)9(13)7-4-3-5-8(11)6-7/h3-6,9,13H,12H2,1-2H3/t9-/m1/s1. The minimum atomic E-state index is -0.689. The first-order valence-electron chi connectivity index (χ1n) is 4.13. The molecule has 0 aliphatic carbocycles. The first-order valence-corrected chi connectivity index (χ1v) is 4.51. The van der Waals surface area contributed by atoms with Gasteiger partial charge in [0.2, 0.25) is 0 Å². The monoisotopic (exact) mass is 199 g/mol. The Morgan fingerprint density at radius 1 is 1.46 bits per heavy atom. The summed E-state index contributed by atoms with van der Waals surface area (Å²) in [6.45, 7) is 3.55. The van der Waals surface area contributed by atoms with Crippen LogP contribution < -0.4 is 5.73 Å². The normalized spacial score (nSPS) is 14.2. The maximum absolute atomic E-state index is 9.80. The molecule has 1 aromatic carbocycles. The van der Waals surface area contributed by atoms with Crippen molar-refractivity contribution in [2.45, 2.75) is 25.5 Å². The van der Waals surface area contributed by atoms with E-state index in [4.69, 9.17) is 17.3 Å². The molecular weight excluding hydrogens is 186 g/mol. The van der Waals surface area contributed by atoms with E-state index in [0.29, 0.717) is 5.02 Å². The van der Waals surface area contributed by atoms with Crippen LogP contribution in [-0.4, -0.2) is 10.6 Å². The van der Waals surface area contributed by atoms with Gasteiger partial charge in [0.25, 0.3) is 0 Å². The number of hydrogen-bond acceptors (Lipinski definition) is 2. The van der Waals surface area contributed by atoms with E-state index in [1.807, 2.05) is 6.07 Å². The molecule has 0 aliphatic rings. The van der Waals surface area contributed by atoms with Crippen LogP contribution in [0.1, 0.15) is 25.5 Å². The second kappa shape index (κ2) is 3.66.